The summed E-state index contributed by atoms with van der Waals surface area (Å²) in [4.78, 5) is 28.2. The number of aromatic nitrogens is 1. The fourth-order valence-corrected chi connectivity index (χ4v) is 6.59. The number of thiazole rings is 1. The van der Waals surface area contributed by atoms with Gasteiger partial charge >= 0.3 is 0 Å². The summed E-state index contributed by atoms with van der Waals surface area (Å²) in [5, 5.41) is 11.1. The maximum Gasteiger partial charge on any atom is 0.270 e. The van der Waals surface area contributed by atoms with Gasteiger partial charge in [-0.1, -0.05) is 11.3 Å². The fraction of sp³-hybridized carbons (Fsp3) is 0.333. The van der Waals surface area contributed by atoms with Gasteiger partial charge in [-0.15, -0.1) is 0 Å². The van der Waals surface area contributed by atoms with E-state index in [-0.39, 0.29) is 17.1 Å². The van der Waals surface area contributed by atoms with E-state index in [2.05, 4.69) is 4.99 Å². The minimum Gasteiger partial charge on any atom is -0.383 e. The van der Waals surface area contributed by atoms with Gasteiger partial charge in [-0.2, -0.15) is 9.30 Å². The molecule has 0 N–H and O–H groups in total. The number of methoxy groups -OCH3 is 1. The van der Waals surface area contributed by atoms with Gasteiger partial charge in [0.25, 0.3) is 11.6 Å². The summed E-state index contributed by atoms with van der Waals surface area (Å²) < 4.78 is 48.0. The normalized spacial score (nSPS) is 17.5. The van der Waals surface area contributed by atoms with Crippen molar-refractivity contribution in [3.8, 4) is 0 Å². The Labute approximate surface area is 198 Å². The molecule has 1 aromatic heterocycles. The van der Waals surface area contributed by atoms with E-state index in [0.717, 1.165) is 27.8 Å². The van der Waals surface area contributed by atoms with Crippen molar-refractivity contribution >= 4 is 43.2 Å². The van der Waals surface area contributed by atoms with Crippen LogP contribution < -0.4 is 4.80 Å². The van der Waals surface area contributed by atoms with E-state index in [0.29, 0.717) is 41.0 Å². The molecule has 1 aliphatic rings. The number of nitro benzene ring substituents is 1. The molecule has 34 heavy (non-hydrogen) atoms. The van der Waals surface area contributed by atoms with Gasteiger partial charge < -0.3 is 9.30 Å². The van der Waals surface area contributed by atoms with E-state index in [1.165, 1.54) is 31.4 Å². The molecule has 180 valence electrons. The highest BCUT2D eigenvalue weighted by atomic mass is 32.2. The zero-order valence-electron chi connectivity index (χ0n) is 18.1. The highest BCUT2D eigenvalue weighted by molar-refractivity contribution is 7.89. The highest BCUT2D eigenvalue weighted by Gasteiger charge is 2.39. The summed E-state index contributed by atoms with van der Waals surface area (Å²) in [6.45, 7) is 0.815. The molecule has 2 aromatic carbocycles. The van der Waals surface area contributed by atoms with Gasteiger partial charge in [0.15, 0.2) is 4.80 Å². The average molecular weight is 509 g/mol. The first-order chi connectivity index (χ1) is 16.2. The van der Waals surface area contributed by atoms with Crippen LogP contribution in [0.25, 0.3) is 10.2 Å². The lowest BCUT2D eigenvalue weighted by Gasteiger charge is -2.21. The number of sulfonamides is 1. The number of carbonyl (C=O) groups is 1. The molecule has 1 saturated heterocycles. The van der Waals surface area contributed by atoms with Crippen LogP contribution in [0.3, 0.4) is 0 Å². The van der Waals surface area contributed by atoms with Crippen molar-refractivity contribution in [2.24, 2.45) is 4.99 Å². The van der Waals surface area contributed by atoms with Gasteiger partial charge in [0.05, 0.1) is 26.6 Å². The molecule has 1 fully saturated rings. The molecule has 1 amide bonds. The van der Waals surface area contributed by atoms with Crippen LogP contribution in [0, 0.1) is 15.9 Å². The highest BCUT2D eigenvalue weighted by Crippen LogP contribution is 2.28. The lowest BCUT2D eigenvalue weighted by molar-refractivity contribution is -0.384. The third-order valence-corrected chi connectivity index (χ3v) is 8.47. The Morgan fingerprint density at radius 1 is 1.29 bits per heavy atom. The quantitative estimate of drug-likeness (QED) is 0.357. The number of amides is 1. The number of rotatable bonds is 7. The number of ether oxygens (including phenoxy) is 1. The monoisotopic (exact) mass is 508 g/mol. The van der Waals surface area contributed by atoms with Gasteiger partial charge in [-0.05, 0) is 43.2 Å². The van der Waals surface area contributed by atoms with Crippen molar-refractivity contribution < 1.29 is 27.3 Å². The second-order valence-electron chi connectivity index (χ2n) is 7.62. The van der Waals surface area contributed by atoms with Gasteiger partial charge in [-0.3, -0.25) is 14.9 Å². The maximum absolute atomic E-state index is 13.3. The number of non-ortho nitro benzene ring substituents is 1. The minimum absolute atomic E-state index is 0.0853. The molecule has 0 spiro atoms. The zero-order chi connectivity index (χ0) is 24.5. The largest absolute Gasteiger partial charge is 0.383 e. The van der Waals surface area contributed by atoms with E-state index in [9.17, 15) is 27.7 Å². The topological polar surface area (TPSA) is 124 Å². The minimum atomic E-state index is -4.02. The summed E-state index contributed by atoms with van der Waals surface area (Å²) in [5.41, 5.74) is 0.569. The summed E-state index contributed by atoms with van der Waals surface area (Å²) in [6, 6.07) is 7.82. The molecular weight excluding hydrogens is 487 g/mol. The molecule has 3 aromatic rings. The molecular formula is C21H21FN4O6S2. The second-order valence-corrected chi connectivity index (χ2v) is 10.5. The number of hydrogen-bond donors (Lipinski definition) is 0. The van der Waals surface area contributed by atoms with Gasteiger partial charge in [0.2, 0.25) is 10.0 Å². The number of carbonyl (C=O) groups excluding carboxylic acids is 1. The lowest BCUT2D eigenvalue weighted by atomic mass is 10.2. The molecule has 1 aliphatic heterocycles. The number of nitro groups is 1. The van der Waals surface area contributed by atoms with Crippen LogP contribution in [-0.2, 0) is 26.1 Å². The van der Waals surface area contributed by atoms with Crippen LogP contribution in [0.1, 0.15) is 12.8 Å². The smallest absolute Gasteiger partial charge is 0.270 e. The van der Waals surface area contributed by atoms with Crippen LogP contribution in [0.15, 0.2) is 52.4 Å². The van der Waals surface area contributed by atoms with Gasteiger partial charge in [0.1, 0.15) is 11.9 Å². The van der Waals surface area contributed by atoms with Crippen LogP contribution in [-0.4, -0.2) is 54.4 Å². The Balaban J connectivity index is 1.72. The third-order valence-electron chi connectivity index (χ3n) is 5.51. The van der Waals surface area contributed by atoms with Crippen molar-refractivity contribution in [1.82, 2.24) is 8.87 Å². The molecule has 4 rings (SSSR count). The van der Waals surface area contributed by atoms with E-state index in [1.54, 1.807) is 10.6 Å². The van der Waals surface area contributed by atoms with Crippen LogP contribution >= 0.6 is 11.3 Å². The SMILES string of the molecule is COCCn1c(=NC(=O)C2CCCN2S(=O)(=O)c2ccc(F)cc2)sc2cc([N+](=O)[O-])ccc21. The molecule has 10 nitrogen and oxygen atoms in total. The van der Waals surface area contributed by atoms with E-state index < -0.39 is 32.7 Å². The van der Waals surface area contributed by atoms with E-state index in [1.807, 2.05) is 0 Å². The first-order valence-corrected chi connectivity index (χ1v) is 12.6. The van der Waals surface area contributed by atoms with Gasteiger partial charge in [-0.25, -0.2) is 12.8 Å². The number of benzene rings is 2. The molecule has 0 aliphatic carbocycles. The molecule has 0 saturated carbocycles. The van der Waals surface area contributed by atoms with Crippen LogP contribution in [0.4, 0.5) is 10.1 Å². The zero-order valence-corrected chi connectivity index (χ0v) is 19.7. The van der Waals surface area contributed by atoms with Gasteiger partial charge in [0, 0.05) is 32.3 Å². The van der Waals surface area contributed by atoms with E-state index >= 15 is 0 Å². The third kappa shape index (κ3) is 4.64. The van der Waals surface area contributed by atoms with Crippen LogP contribution in [0.2, 0.25) is 0 Å². The summed E-state index contributed by atoms with van der Waals surface area (Å²) in [6.07, 6.45) is 0.784. The Bertz CT molecular complexity index is 1420. The standard InChI is InChI=1S/C21H21FN4O6S2/c1-32-12-11-24-17-9-6-15(26(28)29)13-19(17)33-21(24)23-20(27)18-3-2-10-25(18)34(30,31)16-7-4-14(22)5-8-16/h4-9,13,18H,2-3,10-12H2,1H3. The molecule has 0 radical (unpaired) electrons. The van der Waals surface area contributed by atoms with Crippen LogP contribution in [0.5, 0.6) is 0 Å². The Morgan fingerprint density at radius 2 is 2.03 bits per heavy atom. The predicted octanol–water partition coefficient (Wildman–Crippen LogP) is 2.68. The first-order valence-electron chi connectivity index (χ1n) is 10.3. The molecule has 1 atom stereocenters. The van der Waals surface area contributed by atoms with Crippen molar-refractivity contribution in [1.29, 1.82) is 0 Å². The van der Waals surface area contributed by atoms with Crippen molar-refractivity contribution in [2.75, 3.05) is 20.3 Å². The Kier molecular flexibility index (Phi) is 6.89. The predicted molar refractivity (Wildman–Crippen MR) is 122 cm³/mol. The molecule has 0 bridgehead atoms. The van der Waals surface area contributed by atoms with Crippen molar-refractivity contribution in [3.05, 3.63) is 63.2 Å². The number of nitrogens with zero attached hydrogens (tertiary/aromatic N) is 4. The van der Waals surface area contributed by atoms with Crippen molar-refractivity contribution in [2.45, 2.75) is 30.3 Å². The maximum atomic E-state index is 13.3. The summed E-state index contributed by atoms with van der Waals surface area (Å²) in [5.74, 6) is -1.19. The number of halogens is 1. The van der Waals surface area contributed by atoms with Crippen molar-refractivity contribution in [3.63, 3.8) is 0 Å². The first kappa shape index (κ1) is 24.1. The molecule has 1 unspecified atom stereocenters. The molecule has 13 heteroatoms. The lowest BCUT2D eigenvalue weighted by Crippen LogP contribution is -2.40. The second kappa shape index (κ2) is 9.70. The van der Waals surface area contributed by atoms with E-state index in [4.69, 9.17) is 4.74 Å². The Morgan fingerprint density at radius 3 is 2.71 bits per heavy atom. The molecule has 2 heterocycles. The Hall–Kier alpha value is -3.00. The number of hydrogen-bond acceptors (Lipinski definition) is 7. The number of fused-ring (bicyclic) bond motifs is 1. The fourth-order valence-electron chi connectivity index (χ4n) is 3.84. The summed E-state index contributed by atoms with van der Waals surface area (Å²) >= 11 is 1.11. The average Bonchev–Trinajstić information content (AvgIpc) is 3.43. The summed E-state index contributed by atoms with van der Waals surface area (Å²) in [7, 11) is -2.49.